The quantitative estimate of drug-likeness (QED) is 0.543. The van der Waals surface area contributed by atoms with Crippen LogP contribution in [0.3, 0.4) is 0 Å². The Labute approximate surface area is 126 Å². The summed E-state index contributed by atoms with van der Waals surface area (Å²) in [5, 5.41) is 2.78. The first-order valence-corrected chi connectivity index (χ1v) is 8.74. The van der Waals surface area contributed by atoms with Crippen LogP contribution in [-0.2, 0) is 21.2 Å². The molecule has 0 unspecified atom stereocenters. The summed E-state index contributed by atoms with van der Waals surface area (Å²) in [5.74, 6) is -0.0944. The van der Waals surface area contributed by atoms with Crippen molar-refractivity contribution in [1.29, 1.82) is 0 Å². The third kappa shape index (κ3) is 6.59. The summed E-state index contributed by atoms with van der Waals surface area (Å²) in [7, 11) is -3.16. The average molecular weight is 313 g/mol. The van der Waals surface area contributed by atoms with Crippen molar-refractivity contribution < 1.29 is 13.2 Å². The Hall–Kier alpha value is -1.60. The second kappa shape index (κ2) is 7.99. The van der Waals surface area contributed by atoms with E-state index in [2.05, 4.69) is 5.32 Å². The highest BCUT2D eigenvalue weighted by Gasteiger charge is 2.13. The lowest BCUT2D eigenvalue weighted by Crippen LogP contribution is -2.33. The number of sulfonamides is 1. The van der Waals surface area contributed by atoms with Crippen molar-refractivity contribution >= 4 is 21.6 Å². The van der Waals surface area contributed by atoms with Crippen LogP contribution in [0.15, 0.2) is 24.3 Å². The van der Waals surface area contributed by atoms with Crippen molar-refractivity contribution in [2.75, 3.05) is 31.6 Å². The third-order valence-electron chi connectivity index (χ3n) is 3.04. The number of hydrogen-bond donors (Lipinski definition) is 2. The molecule has 1 amide bonds. The summed E-state index contributed by atoms with van der Waals surface area (Å²) in [4.78, 5) is 11.8. The summed E-state index contributed by atoms with van der Waals surface area (Å²) >= 11 is 0. The standard InChI is InChI=1S/C14H23N3O3S/c1-3-17(21(2,19)20)9-5-8-16-14(18)11-12-6-4-7-13(15)10-12/h4,6-7,10H,3,5,8-9,11,15H2,1-2H3,(H,16,18). The predicted molar refractivity (Wildman–Crippen MR) is 84.3 cm³/mol. The highest BCUT2D eigenvalue weighted by atomic mass is 32.2. The summed E-state index contributed by atoms with van der Waals surface area (Å²) in [6.07, 6.45) is 2.05. The maximum atomic E-state index is 11.8. The monoisotopic (exact) mass is 313 g/mol. The number of rotatable bonds is 8. The Morgan fingerprint density at radius 1 is 1.38 bits per heavy atom. The molecule has 1 aromatic carbocycles. The molecular formula is C14H23N3O3S. The summed E-state index contributed by atoms with van der Waals surface area (Å²) in [5.41, 5.74) is 7.14. The van der Waals surface area contributed by atoms with Gasteiger partial charge in [0.05, 0.1) is 12.7 Å². The molecule has 0 fully saturated rings. The molecular weight excluding hydrogens is 290 g/mol. The molecule has 0 saturated carbocycles. The molecule has 1 rings (SSSR count). The lowest BCUT2D eigenvalue weighted by molar-refractivity contribution is -0.120. The fourth-order valence-electron chi connectivity index (χ4n) is 1.99. The third-order valence-corrected chi connectivity index (χ3v) is 4.42. The van der Waals surface area contributed by atoms with E-state index in [1.54, 1.807) is 19.1 Å². The van der Waals surface area contributed by atoms with Gasteiger partial charge in [-0.25, -0.2) is 12.7 Å². The maximum absolute atomic E-state index is 11.8. The molecule has 0 aliphatic heterocycles. The fourth-order valence-corrected chi connectivity index (χ4v) is 2.92. The first-order chi connectivity index (χ1) is 9.82. The second-order valence-corrected chi connectivity index (χ2v) is 6.86. The number of hydrogen-bond acceptors (Lipinski definition) is 4. The second-order valence-electron chi connectivity index (χ2n) is 4.88. The van der Waals surface area contributed by atoms with E-state index < -0.39 is 10.0 Å². The molecule has 0 saturated heterocycles. The zero-order valence-corrected chi connectivity index (χ0v) is 13.3. The van der Waals surface area contributed by atoms with Crippen molar-refractivity contribution in [3.63, 3.8) is 0 Å². The zero-order chi connectivity index (χ0) is 15.9. The number of benzene rings is 1. The minimum absolute atomic E-state index is 0.0944. The highest BCUT2D eigenvalue weighted by Crippen LogP contribution is 2.07. The number of nitrogens with zero attached hydrogens (tertiary/aromatic N) is 1. The number of carbonyl (C=O) groups is 1. The summed E-state index contributed by atoms with van der Waals surface area (Å²) in [6.45, 7) is 3.09. The number of amides is 1. The topological polar surface area (TPSA) is 92.5 Å². The molecule has 0 spiro atoms. The van der Waals surface area contributed by atoms with E-state index >= 15 is 0 Å². The number of carbonyl (C=O) groups excluding carboxylic acids is 1. The molecule has 0 radical (unpaired) electrons. The van der Waals surface area contributed by atoms with Gasteiger partial charge in [0.2, 0.25) is 15.9 Å². The first kappa shape index (κ1) is 17.5. The van der Waals surface area contributed by atoms with E-state index in [-0.39, 0.29) is 12.3 Å². The highest BCUT2D eigenvalue weighted by molar-refractivity contribution is 7.88. The minimum atomic E-state index is -3.16. The van der Waals surface area contributed by atoms with Gasteiger partial charge in [0.25, 0.3) is 0 Å². The van der Waals surface area contributed by atoms with E-state index in [0.717, 1.165) is 5.56 Å². The number of nitrogen functional groups attached to an aromatic ring is 1. The van der Waals surface area contributed by atoms with Gasteiger partial charge in [0.15, 0.2) is 0 Å². The Morgan fingerprint density at radius 3 is 2.67 bits per heavy atom. The van der Waals surface area contributed by atoms with Crippen LogP contribution in [0.1, 0.15) is 18.9 Å². The molecule has 0 heterocycles. The van der Waals surface area contributed by atoms with Gasteiger partial charge >= 0.3 is 0 Å². The van der Waals surface area contributed by atoms with Gasteiger partial charge in [-0.1, -0.05) is 19.1 Å². The largest absolute Gasteiger partial charge is 0.399 e. The number of nitrogens with two attached hydrogens (primary N) is 1. The van der Waals surface area contributed by atoms with E-state index in [1.807, 2.05) is 12.1 Å². The molecule has 0 aromatic heterocycles. The van der Waals surface area contributed by atoms with Crippen molar-refractivity contribution in [1.82, 2.24) is 9.62 Å². The van der Waals surface area contributed by atoms with Crippen LogP contribution in [-0.4, -0.2) is 44.5 Å². The maximum Gasteiger partial charge on any atom is 0.224 e. The summed E-state index contributed by atoms with van der Waals surface area (Å²) in [6, 6.07) is 7.19. The Bertz CT molecular complexity index is 573. The van der Waals surface area contributed by atoms with Gasteiger partial charge in [-0.15, -0.1) is 0 Å². The number of nitrogens with one attached hydrogen (secondary N) is 1. The normalized spacial score (nSPS) is 11.6. The molecule has 0 aliphatic carbocycles. The van der Waals surface area contributed by atoms with Crippen LogP contribution in [0.25, 0.3) is 0 Å². The van der Waals surface area contributed by atoms with Crippen LogP contribution in [0.4, 0.5) is 5.69 Å². The van der Waals surface area contributed by atoms with E-state index in [0.29, 0.717) is 31.7 Å². The van der Waals surface area contributed by atoms with Gasteiger partial charge in [0.1, 0.15) is 0 Å². The van der Waals surface area contributed by atoms with Crippen LogP contribution >= 0.6 is 0 Å². The van der Waals surface area contributed by atoms with Gasteiger partial charge in [-0.05, 0) is 24.1 Å². The van der Waals surface area contributed by atoms with Crippen LogP contribution < -0.4 is 11.1 Å². The molecule has 21 heavy (non-hydrogen) atoms. The Kier molecular flexibility index (Phi) is 6.64. The Morgan fingerprint density at radius 2 is 2.10 bits per heavy atom. The average Bonchev–Trinajstić information content (AvgIpc) is 2.37. The molecule has 118 valence electrons. The van der Waals surface area contributed by atoms with Crippen LogP contribution in [0.2, 0.25) is 0 Å². The van der Waals surface area contributed by atoms with Crippen LogP contribution in [0, 0.1) is 0 Å². The van der Waals surface area contributed by atoms with Crippen LogP contribution in [0.5, 0.6) is 0 Å². The lowest BCUT2D eigenvalue weighted by Gasteiger charge is -2.17. The molecule has 0 aliphatic rings. The number of anilines is 1. The minimum Gasteiger partial charge on any atom is -0.399 e. The van der Waals surface area contributed by atoms with Crippen molar-refractivity contribution in [2.45, 2.75) is 19.8 Å². The molecule has 1 aromatic rings. The van der Waals surface area contributed by atoms with Crippen molar-refractivity contribution in [3.8, 4) is 0 Å². The van der Waals surface area contributed by atoms with Crippen molar-refractivity contribution in [3.05, 3.63) is 29.8 Å². The lowest BCUT2D eigenvalue weighted by atomic mass is 10.1. The molecule has 0 atom stereocenters. The molecule has 6 nitrogen and oxygen atoms in total. The fraction of sp³-hybridized carbons (Fsp3) is 0.500. The molecule has 0 bridgehead atoms. The smallest absolute Gasteiger partial charge is 0.224 e. The van der Waals surface area contributed by atoms with E-state index in [1.165, 1.54) is 10.6 Å². The van der Waals surface area contributed by atoms with Gasteiger partial charge < -0.3 is 11.1 Å². The van der Waals surface area contributed by atoms with Gasteiger partial charge in [-0.3, -0.25) is 4.79 Å². The Balaban J connectivity index is 2.31. The van der Waals surface area contributed by atoms with Gasteiger partial charge in [0, 0.05) is 25.3 Å². The van der Waals surface area contributed by atoms with E-state index in [9.17, 15) is 13.2 Å². The SMILES string of the molecule is CCN(CCCNC(=O)Cc1cccc(N)c1)S(C)(=O)=O. The first-order valence-electron chi connectivity index (χ1n) is 6.89. The molecule has 7 heteroatoms. The summed E-state index contributed by atoms with van der Waals surface area (Å²) < 4.78 is 24.2. The van der Waals surface area contributed by atoms with Crippen molar-refractivity contribution in [2.24, 2.45) is 0 Å². The van der Waals surface area contributed by atoms with E-state index in [4.69, 9.17) is 5.73 Å². The zero-order valence-electron chi connectivity index (χ0n) is 12.5. The van der Waals surface area contributed by atoms with Gasteiger partial charge in [-0.2, -0.15) is 0 Å². The predicted octanol–water partition coefficient (Wildman–Crippen LogP) is 0.599. The molecule has 3 N–H and O–H groups in total.